The lowest BCUT2D eigenvalue weighted by Crippen LogP contribution is -2.59. The molecule has 2 saturated carbocycles. The molecule has 160 valence electrons. The fourth-order valence-electron chi connectivity index (χ4n) is 5.48. The number of amides is 3. The maximum absolute atomic E-state index is 12.0. The van der Waals surface area contributed by atoms with Gasteiger partial charge in [0.2, 0.25) is 11.8 Å². The fourth-order valence-corrected chi connectivity index (χ4v) is 5.48. The molecule has 1 unspecified atom stereocenters. The molecule has 4 fully saturated rings. The van der Waals surface area contributed by atoms with Gasteiger partial charge >= 0.3 is 6.09 Å². The number of piperidine rings is 1. The van der Waals surface area contributed by atoms with E-state index in [1.807, 2.05) is 24.3 Å². The van der Waals surface area contributed by atoms with Crippen molar-refractivity contribution in [1.82, 2.24) is 10.6 Å². The Morgan fingerprint density at radius 1 is 1.17 bits per heavy atom. The van der Waals surface area contributed by atoms with Gasteiger partial charge in [-0.15, -0.1) is 0 Å². The van der Waals surface area contributed by atoms with Gasteiger partial charge in [-0.3, -0.25) is 14.9 Å². The minimum Gasteiger partial charge on any atom is -0.449 e. The largest absolute Gasteiger partial charge is 0.449 e. The van der Waals surface area contributed by atoms with Crippen molar-refractivity contribution < 1.29 is 19.1 Å². The first-order chi connectivity index (χ1) is 14.5. The molecule has 2 aliphatic carbocycles. The molecule has 5 rings (SSSR count). The Balaban J connectivity index is 1.03. The number of benzene rings is 1. The molecule has 2 heterocycles. The second-order valence-electron chi connectivity index (χ2n) is 9.57. The molecule has 1 spiro atoms. The molecule has 7 heteroatoms. The lowest BCUT2D eigenvalue weighted by Gasteiger charge is -2.54. The van der Waals surface area contributed by atoms with Crippen LogP contribution in [0.25, 0.3) is 0 Å². The molecule has 7 nitrogen and oxygen atoms in total. The van der Waals surface area contributed by atoms with E-state index < -0.39 is 0 Å². The van der Waals surface area contributed by atoms with Gasteiger partial charge in [0.25, 0.3) is 0 Å². The van der Waals surface area contributed by atoms with Crippen LogP contribution in [0, 0.1) is 11.3 Å². The Morgan fingerprint density at radius 2 is 1.90 bits per heavy atom. The van der Waals surface area contributed by atoms with Crippen molar-refractivity contribution >= 4 is 23.6 Å². The Kier molecular flexibility index (Phi) is 4.91. The van der Waals surface area contributed by atoms with Crippen LogP contribution in [-0.4, -0.2) is 43.6 Å². The Morgan fingerprint density at radius 3 is 2.53 bits per heavy atom. The van der Waals surface area contributed by atoms with Crippen molar-refractivity contribution in [2.75, 3.05) is 24.6 Å². The SMILES string of the molecule is O=C1CCC(c2ccc(N3CC(NC(=O)OCC4CC5(CCC5)C4)C3)cc2)C(=O)N1. The number of carbonyl (C=O) groups is 3. The highest BCUT2D eigenvalue weighted by atomic mass is 16.5. The average molecular weight is 412 g/mol. The van der Waals surface area contributed by atoms with Gasteiger partial charge in [-0.05, 0) is 61.1 Å². The van der Waals surface area contributed by atoms with Gasteiger partial charge in [0.15, 0.2) is 0 Å². The summed E-state index contributed by atoms with van der Waals surface area (Å²) in [5.41, 5.74) is 2.62. The Hall–Kier alpha value is -2.57. The van der Waals surface area contributed by atoms with Crippen LogP contribution in [-0.2, 0) is 14.3 Å². The van der Waals surface area contributed by atoms with Crippen LogP contribution in [0.2, 0.25) is 0 Å². The average Bonchev–Trinajstić information content (AvgIpc) is 2.62. The molecule has 4 aliphatic rings. The summed E-state index contributed by atoms with van der Waals surface area (Å²) in [7, 11) is 0. The molecule has 3 amide bonds. The highest BCUT2D eigenvalue weighted by molar-refractivity contribution is 6.00. The minimum atomic E-state index is -0.303. The molecule has 30 heavy (non-hydrogen) atoms. The molecule has 0 radical (unpaired) electrons. The van der Waals surface area contributed by atoms with E-state index in [0.29, 0.717) is 30.8 Å². The molecule has 1 aromatic rings. The van der Waals surface area contributed by atoms with Crippen LogP contribution in [0.1, 0.15) is 56.4 Å². The van der Waals surface area contributed by atoms with Gasteiger partial charge in [0.1, 0.15) is 0 Å². The summed E-state index contributed by atoms with van der Waals surface area (Å²) in [4.78, 5) is 37.5. The number of hydrogen-bond acceptors (Lipinski definition) is 5. The summed E-state index contributed by atoms with van der Waals surface area (Å²) < 4.78 is 5.43. The van der Waals surface area contributed by atoms with Crippen LogP contribution in [0.5, 0.6) is 0 Å². The molecule has 2 saturated heterocycles. The summed E-state index contributed by atoms with van der Waals surface area (Å²) in [6.45, 7) is 2.05. The first-order valence-electron chi connectivity index (χ1n) is 11.1. The zero-order valence-corrected chi connectivity index (χ0v) is 17.2. The van der Waals surface area contributed by atoms with E-state index >= 15 is 0 Å². The third-order valence-electron chi connectivity index (χ3n) is 7.41. The molecule has 2 aliphatic heterocycles. The molecule has 2 N–H and O–H groups in total. The third-order valence-corrected chi connectivity index (χ3v) is 7.41. The summed E-state index contributed by atoms with van der Waals surface area (Å²) in [6.07, 6.45) is 7.19. The van der Waals surface area contributed by atoms with Crippen LogP contribution < -0.4 is 15.5 Å². The normalized spacial score (nSPS) is 25.7. The van der Waals surface area contributed by atoms with Crippen molar-refractivity contribution in [3.05, 3.63) is 29.8 Å². The Bertz CT molecular complexity index is 835. The monoisotopic (exact) mass is 411 g/mol. The zero-order valence-electron chi connectivity index (χ0n) is 17.2. The van der Waals surface area contributed by atoms with Crippen LogP contribution in [0.3, 0.4) is 0 Å². The van der Waals surface area contributed by atoms with Crippen molar-refractivity contribution in [3.63, 3.8) is 0 Å². The fraction of sp³-hybridized carbons (Fsp3) is 0.609. The number of hydrogen-bond donors (Lipinski definition) is 2. The first-order valence-corrected chi connectivity index (χ1v) is 11.1. The number of carbonyl (C=O) groups excluding carboxylic acids is 3. The van der Waals surface area contributed by atoms with Gasteiger partial charge in [-0.2, -0.15) is 0 Å². The number of alkyl carbamates (subject to hydrolysis) is 1. The van der Waals surface area contributed by atoms with Crippen LogP contribution in [0.15, 0.2) is 24.3 Å². The number of anilines is 1. The van der Waals surface area contributed by atoms with Gasteiger partial charge in [-0.25, -0.2) is 4.79 Å². The van der Waals surface area contributed by atoms with E-state index in [1.54, 1.807) is 0 Å². The van der Waals surface area contributed by atoms with Crippen LogP contribution in [0.4, 0.5) is 10.5 Å². The lowest BCUT2D eigenvalue weighted by atomic mass is 9.52. The summed E-state index contributed by atoms with van der Waals surface area (Å²) >= 11 is 0. The van der Waals surface area contributed by atoms with E-state index in [9.17, 15) is 14.4 Å². The smallest absolute Gasteiger partial charge is 0.407 e. The molecule has 0 bridgehead atoms. The highest BCUT2D eigenvalue weighted by Gasteiger charge is 2.48. The van der Waals surface area contributed by atoms with Crippen molar-refractivity contribution in [2.24, 2.45) is 11.3 Å². The molecule has 1 atom stereocenters. The highest BCUT2D eigenvalue weighted by Crippen LogP contribution is 2.58. The molecular weight excluding hydrogens is 382 g/mol. The first kappa shape index (κ1) is 19.4. The van der Waals surface area contributed by atoms with Gasteiger partial charge in [0, 0.05) is 25.2 Å². The zero-order chi connectivity index (χ0) is 20.7. The summed E-state index contributed by atoms with van der Waals surface area (Å²) in [5, 5.41) is 5.36. The number of ether oxygens (including phenoxy) is 1. The summed E-state index contributed by atoms with van der Waals surface area (Å²) in [6, 6.07) is 8.02. The minimum absolute atomic E-state index is 0.103. The molecule has 1 aromatic carbocycles. The van der Waals surface area contributed by atoms with E-state index in [2.05, 4.69) is 15.5 Å². The maximum Gasteiger partial charge on any atom is 0.407 e. The van der Waals surface area contributed by atoms with E-state index in [4.69, 9.17) is 4.74 Å². The maximum atomic E-state index is 12.0. The predicted octanol–water partition coefficient (Wildman–Crippen LogP) is 2.70. The van der Waals surface area contributed by atoms with Crippen molar-refractivity contribution in [2.45, 2.75) is 56.9 Å². The molecule has 0 aromatic heterocycles. The number of nitrogens with zero attached hydrogens (tertiary/aromatic N) is 1. The number of rotatable bonds is 5. The predicted molar refractivity (Wildman–Crippen MR) is 111 cm³/mol. The number of nitrogens with one attached hydrogen (secondary N) is 2. The topological polar surface area (TPSA) is 87.7 Å². The van der Waals surface area contributed by atoms with E-state index in [-0.39, 0.29) is 29.9 Å². The van der Waals surface area contributed by atoms with Crippen LogP contribution >= 0.6 is 0 Å². The second-order valence-corrected chi connectivity index (χ2v) is 9.57. The third kappa shape index (κ3) is 3.77. The number of imide groups is 1. The van der Waals surface area contributed by atoms with Crippen molar-refractivity contribution in [3.8, 4) is 0 Å². The summed E-state index contributed by atoms with van der Waals surface area (Å²) in [5.74, 6) is -0.111. The van der Waals surface area contributed by atoms with Gasteiger partial charge in [-0.1, -0.05) is 18.6 Å². The second kappa shape index (κ2) is 7.60. The lowest BCUT2D eigenvalue weighted by molar-refractivity contribution is -0.134. The van der Waals surface area contributed by atoms with E-state index in [0.717, 1.165) is 24.3 Å². The van der Waals surface area contributed by atoms with Gasteiger partial charge in [0.05, 0.1) is 18.6 Å². The van der Waals surface area contributed by atoms with Gasteiger partial charge < -0.3 is 15.0 Å². The van der Waals surface area contributed by atoms with E-state index in [1.165, 1.54) is 32.1 Å². The quantitative estimate of drug-likeness (QED) is 0.728. The molecular formula is C23H29N3O4. The standard InChI is InChI=1S/C23H29N3O4/c27-20-7-6-19(21(28)25-20)16-2-4-18(5-3-16)26-12-17(13-26)24-22(29)30-14-15-10-23(11-15)8-1-9-23/h2-5,15,17,19H,1,6-14H2,(H,24,29)(H,25,27,28). The van der Waals surface area contributed by atoms with Crippen molar-refractivity contribution in [1.29, 1.82) is 0 Å². The Labute approximate surface area is 176 Å².